The van der Waals surface area contributed by atoms with Crippen LogP contribution in [0.3, 0.4) is 0 Å². The standard InChI is InChI=1S/C18H29FN4/c1-5-20-18(21-12-17(22(2)3)15-8-9-15)23(4)13-14-6-10-16(19)11-7-14/h6-7,10-11,15,17H,5,8-9,12-13H2,1-4H3,(H,20,21). The maximum absolute atomic E-state index is 13.0. The van der Waals surface area contributed by atoms with Gasteiger partial charge < -0.3 is 15.1 Å². The molecule has 0 heterocycles. The zero-order valence-electron chi connectivity index (χ0n) is 14.7. The molecule has 4 nitrogen and oxygen atoms in total. The first kappa shape index (κ1) is 17.7. The molecule has 1 saturated carbocycles. The van der Waals surface area contributed by atoms with Crippen molar-refractivity contribution >= 4 is 5.96 Å². The highest BCUT2D eigenvalue weighted by atomic mass is 19.1. The zero-order chi connectivity index (χ0) is 16.8. The van der Waals surface area contributed by atoms with Gasteiger partial charge in [0, 0.05) is 26.2 Å². The second-order valence-electron chi connectivity index (χ2n) is 6.55. The normalized spacial score (nSPS) is 16.5. The van der Waals surface area contributed by atoms with Crippen molar-refractivity contribution in [3.63, 3.8) is 0 Å². The highest BCUT2D eigenvalue weighted by Gasteiger charge is 2.32. The molecule has 0 saturated heterocycles. The van der Waals surface area contributed by atoms with Gasteiger partial charge in [0.05, 0.1) is 6.54 Å². The van der Waals surface area contributed by atoms with Crippen molar-refractivity contribution in [3.8, 4) is 0 Å². The summed E-state index contributed by atoms with van der Waals surface area (Å²) >= 11 is 0. The molecule has 0 aliphatic heterocycles. The van der Waals surface area contributed by atoms with E-state index in [4.69, 9.17) is 4.99 Å². The van der Waals surface area contributed by atoms with Gasteiger partial charge in [-0.3, -0.25) is 4.99 Å². The first-order chi connectivity index (χ1) is 11.0. The Morgan fingerprint density at radius 2 is 1.91 bits per heavy atom. The van der Waals surface area contributed by atoms with Crippen LogP contribution in [0.4, 0.5) is 4.39 Å². The molecule has 0 bridgehead atoms. The Morgan fingerprint density at radius 1 is 1.26 bits per heavy atom. The van der Waals surface area contributed by atoms with Gasteiger partial charge in [-0.2, -0.15) is 0 Å². The van der Waals surface area contributed by atoms with Crippen molar-refractivity contribution in [1.82, 2.24) is 15.1 Å². The third kappa shape index (κ3) is 5.50. The number of nitrogens with one attached hydrogen (secondary N) is 1. The summed E-state index contributed by atoms with van der Waals surface area (Å²) in [6.07, 6.45) is 2.64. The fourth-order valence-corrected chi connectivity index (χ4v) is 2.80. The van der Waals surface area contributed by atoms with Gasteiger partial charge in [-0.05, 0) is 57.5 Å². The summed E-state index contributed by atoms with van der Waals surface area (Å²) in [4.78, 5) is 9.20. The summed E-state index contributed by atoms with van der Waals surface area (Å²) < 4.78 is 13.0. The number of hydrogen-bond donors (Lipinski definition) is 1. The van der Waals surface area contributed by atoms with Crippen molar-refractivity contribution in [2.45, 2.75) is 32.4 Å². The maximum atomic E-state index is 13.0. The minimum absolute atomic E-state index is 0.199. The third-order valence-corrected chi connectivity index (χ3v) is 4.29. The third-order valence-electron chi connectivity index (χ3n) is 4.29. The van der Waals surface area contributed by atoms with E-state index in [9.17, 15) is 4.39 Å². The molecule has 1 aromatic carbocycles. The van der Waals surface area contributed by atoms with Gasteiger partial charge in [0.1, 0.15) is 5.82 Å². The lowest BCUT2D eigenvalue weighted by Crippen LogP contribution is -2.40. The summed E-state index contributed by atoms with van der Waals surface area (Å²) in [5, 5.41) is 3.35. The lowest BCUT2D eigenvalue weighted by Gasteiger charge is -2.25. The topological polar surface area (TPSA) is 30.9 Å². The van der Waals surface area contributed by atoms with Crippen LogP contribution in [0.2, 0.25) is 0 Å². The summed E-state index contributed by atoms with van der Waals surface area (Å²) in [5.41, 5.74) is 1.07. The number of halogens is 1. The van der Waals surface area contributed by atoms with Gasteiger partial charge in [-0.1, -0.05) is 12.1 Å². The molecule has 0 aromatic heterocycles. The Bertz CT molecular complexity index is 506. The molecule has 0 amide bonds. The molecule has 1 aliphatic carbocycles. The van der Waals surface area contributed by atoms with E-state index in [0.29, 0.717) is 12.6 Å². The molecule has 5 heteroatoms. The van der Waals surface area contributed by atoms with Crippen molar-refractivity contribution in [1.29, 1.82) is 0 Å². The van der Waals surface area contributed by atoms with Gasteiger partial charge in [0.2, 0.25) is 0 Å². The second-order valence-corrected chi connectivity index (χ2v) is 6.55. The van der Waals surface area contributed by atoms with Crippen LogP contribution in [0.1, 0.15) is 25.3 Å². The second kappa shape index (κ2) is 8.29. The molecule has 1 atom stereocenters. The first-order valence-corrected chi connectivity index (χ1v) is 8.41. The van der Waals surface area contributed by atoms with Crippen LogP contribution in [-0.2, 0) is 6.54 Å². The Labute approximate surface area is 139 Å². The van der Waals surface area contributed by atoms with Gasteiger partial charge in [-0.25, -0.2) is 4.39 Å². The van der Waals surface area contributed by atoms with E-state index in [1.807, 2.05) is 19.2 Å². The maximum Gasteiger partial charge on any atom is 0.194 e. The lowest BCUT2D eigenvalue weighted by molar-refractivity contribution is 0.270. The number of benzene rings is 1. The van der Waals surface area contributed by atoms with Gasteiger partial charge in [0.25, 0.3) is 0 Å². The molecule has 1 N–H and O–H groups in total. The van der Waals surface area contributed by atoms with Gasteiger partial charge >= 0.3 is 0 Å². The lowest BCUT2D eigenvalue weighted by atomic mass is 10.2. The largest absolute Gasteiger partial charge is 0.357 e. The van der Waals surface area contributed by atoms with Crippen molar-refractivity contribution in [2.24, 2.45) is 10.9 Å². The number of nitrogens with zero attached hydrogens (tertiary/aromatic N) is 3. The smallest absolute Gasteiger partial charge is 0.194 e. The van der Waals surface area contributed by atoms with Crippen LogP contribution >= 0.6 is 0 Å². The quantitative estimate of drug-likeness (QED) is 0.619. The van der Waals surface area contributed by atoms with Crippen LogP contribution in [0, 0.1) is 11.7 Å². The summed E-state index contributed by atoms with van der Waals surface area (Å²) in [6.45, 7) is 4.43. The Hall–Kier alpha value is -1.62. The van der Waals surface area contributed by atoms with Crippen LogP contribution in [-0.4, -0.2) is 56.0 Å². The van der Waals surface area contributed by atoms with Crippen LogP contribution in [0.15, 0.2) is 29.3 Å². The Morgan fingerprint density at radius 3 is 2.43 bits per heavy atom. The number of hydrogen-bond acceptors (Lipinski definition) is 2. The van der Waals surface area contributed by atoms with Crippen LogP contribution in [0.5, 0.6) is 0 Å². The molecule has 0 spiro atoms. The van der Waals surface area contributed by atoms with Crippen LogP contribution < -0.4 is 5.32 Å². The molecular weight excluding hydrogens is 291 g/mol. The van der Waals surface area contributed by atoms with Gasteiger partial charge in [0.15, 0.2) is 5.96 Å². The average molecular weight is 320 g/mol. The van der Waals surface area contributed by atoms with Gasteiger partial charge in [-0.15, -0.1) is 0 Å². The monoisotopic (exact) mass is 320 g/mol. The molecule has 23 heavy (non-hydrogen) atoms. The fraction of sp³-hybridized carbons (Fsp3) is 0.611. The summed E-state index contributed by atoms with van der Waals surface area (Å²) in [7, 11) is 6.29. The fourth-order valence-electron chi connectivity index (χ4n) is 2.80. The van der Waals surface area contributed by atoms with E-state index < -0.39 is 0 Å². The zero-order valence-corrected chi connectivity index (χ0v) is 14.7. The number of likely N-dealkylation sites (N-methyl/N-ethyl adjacent to an activating group) is 1. The highest BCUT2D eigenvalue weighted by molar-refractivity contribution is 5.79. The van der Waals surface area contributed by atoms with Crippen LogP contribution in [0.25, 0.3) is 0 Å². The van der Waals surface area contributed by atoms with E-state index in [1.165, 1.54) is 25.0 Å². The first-order valence-electron chi connectivity index (χ1n) is 8.41. The van der Waals surface area contributed by atoms with Crippen molar-refractivity contribution in [3.05, 3.63) is 35.6 Å². The predicted octanol–water partition coefficient (Wildman–Crippen LogP) is 2.56. The molecular formula is C18H29FN4. The van der Waals surface area contributed by atoms with Crippen molar-refractivity contribution in [2.75, 3.05) is 34.2 Å². The Balaban J connectivity index is 2.00. The number of rotatable bonds is 7. The van der Waals surface area contributed by atoms with E-state index in [1.54, 1.807) is 0 Å². The summed E-state index contributed by atoms with van der Waals surface area (Å²) in [6, 6.07) is 7.16. The SMILES string of the molecule is CCNC(=NCC(C1CC1)N(C)C)N(C)Cc1ccc(F)cc1. The minimum atomic E-state index is -0.199. The van der Waals surface area contributed by atoms with Crippen molar-refractivity contribution < 1.29 is 4.39 Å². The molecule has 128 valence electrons. The molecule has 0 radical (unpaired) electrons. The number of guanidine groups is 1. The van der Waals surface area contributed by atoms with E-state index in [0.717, 1.165) is 30.5 Å². The molecule has 1 fully saturated rings. The summed E-state index contributed by atoms with van der Waals surface area (Å²) in [5.74, 6) is 1.50. The number of aliphatic imine (C=N–C) groups is 1. The average Bonchev–Trinajstić information content (AvgIpc) is 3.33. The molecule has 1 unspecified atom stereocenters. The predicted molar refractivity (Wildman–Crippen MR) is 94.0 cm³/mol. The Kier molecular flexibility index (Phi) is 6.39. The molecule has 2 rings (SSSR count). The molecule has 1 aliphatic rings. The molecule has 1 aromatic rings. The van der Waals surface area contributed by atoms with E-state index in [2.05, 4.69) is 36.1 Å². The minimum Gasteiger partial charge on any atom is -0.357 e. The van der Waals surface area contributed by atoms with E-state index in [-0.39, 0.29) is 5.82 Å². The van der Waals surface area contributed by atoms with E-state index >= 15 is 0 Å². The highest BCUT2D eigenvalue weighted by Crippen LogP contribution is 2.34.